The highest BCUT2D eigenvalue weighted by Gasteiger charge is 2.17. The number of halogens is 1. The molecular formula is C13H19ClN2O2. The molecule has 0 aliphatic heterocycles. The predicted molar refractivity (Wildman–Crippen MR) is 72.1 cm³/mol. The van der Waals surface area contributed by atoms with Gasteiger partial charge in [0.2, 0.25) is 0 Å². The normalized spacial score (nSPS) is 10.4. The van der Waals surface area contributed by atoms with Gasteiger partial charge >= 0.3 is 0 Å². The number of hydrogen-bond acceptors (Lipinski definition) is 3. The van der Waals surface area contributed by atoms with E-state index in [9.17, 15) is 4.79 Å². The highest BCUT2D eigenvalue weighted by Crippen LogP contribution is 2.17. The van der Waals surface area contributed by atoms with Crippen molar-refractivity contribution in [1.29, 1.82) is 0 Å². The van der Waals surface area contributed by atoms with E-state index in [1.807, 2.05) is 20.8 Å². The number of carbonyl (C=O) groups is 1. The van der Waals surface area contributed by atoms with Gasteiger partial charge in [-0.2, -0.15) is 0 Å². The van der Waals surface area contributed by atoms with Gasteiger partial charge < -0.3 is 9.64 Å². The van der Waals surface area contributed by atoms with E-state index in [2.05, 4.69) is 4.98 Å². The van der Waals surface area contributed by atoms with E-state index < -0.39 is 0 Å². The van der Waals surface area contributed by atoms with Crippen LogP contribution in [0.15, 0.2) is 12.3 Å². The minimum absolute atomic E-state index is 0.102. The van der Waals surface area contributed by atoms with Crippen LogP contribution in [0.2, 0.25) is 5.02 Å². The second kappa shape index (κ2) is 7.34. The number of aryl methyl sites for hydroxylation is 1. The van der Waals surface area contributed by atoms with Crippen molar-refractivity contribution in [2.45, 2.75) is 20.8 Å². The maximum absolute atomic E-state index is 12.2. The number of likely N-dealkylation sites (N-methyl/N-ethyl adjacent to an activating group) is 1. The van der Waals surface area contributed by atoms with Gasteiger partial charge in [0.15, 0.2) is 0 Å². The fourth-order valence-electron chi connectivity index (χ4n) is 1.58. The molecule has 18 heavy (non-hydrogen) atoms. The van der Waals surface area contributed by atoms with E-state index in [1.165, 1.54) is 6.20 Å². The number of ether oxygens (including phenoxy) is 1. The summed E-state index contributed by atoms with van der Waals surface area (Å²) in [4.78, 5) is 18.1. The van der Waals surface area contributed by atoms with E-state index in [-0.39, 0.29) is 5.91 Å². The van der Waals surface area contributed by atoms with Gasteiger partial charge in [0.1, 0.15) is 0 Å². The predicted octanol–water partition coefficient (Wildman–Crippen LogP) is 2.54. The molecule has 0 saturated heterocycles. The molecule has 1 heterocycles. The van der Waals surface area contributed by atoms with Gasteiger partial charge in [-0.05, 0) is 26.8 Å². The van der Waals surface area contributed by atoms with E-state index in [1.54, 1.807) is 11.0 Å². The minimum atomic E-state index is -0.102. The molecule has 0 aromatic carbocycles. The van der Waals surface area contributed by atoms with Crippen LogP contribution in [0.5, 0.6) is 0 Å². The van der Waals surface area contributed by atoms with Crippen molar-refractivity contribution in [3.63, 3.8) is 0 Å². The molecule has 100 valence electrons. The second-order valence-corrected chi connectivity index (χ2v) is 4.29. The molecule has 0 unspecified atom stereocenters. The molecular weight excluding hydrogens is 252 g/mol. The van der Waals surface area contributed by atoms with Crippen molar-refractivity contribution in [2.75, 3.05) is 26.3 Å². The average molecular weight is 271 g/mol. The highest BCUT2D eigenvalue weighted by molar-refractivity contribution is 6.33. The number of rotatable bonds is 6. The Balaban J connectivity index is 2.76. The van der Waals surface area contributed by atoms with E-state index in [4.69, 9.17) is 16.3 Å². The van der Waals surface area contributed by atoms with Crippen LogP contribution in [0.4, 0.5) is 0 Å². The first kappa shape index (κ1) is 14.9. The van der Waals surface area contributed by atoms with Gasteiger partial charge in [0.25, 0.3) is 5.91 Å². The maximum atomic E-state index is 12.2. The van der Waals surface area contributed by atoms with Crippen LogP contribution in [0, 0.1) is 6.92 Å². The van der Waals surface area contributed by atoms with Crippen LogP contribution in [-0.4, -0.2) is 42.1 Å². The summed E-state index contributed by atoms with van der Waals surface area (Å²) >= 11 is 6.07. The summed E-state index contributed by atoms with van der Waals surface area (Å²) in [7, 11) is 0. The molecule has 1 rings (SSSR count). The summed E-state index contributed by atoms with van der Waals surface area (Å²) in [5, 5.41) is 0.447. The second-order valence-electron chi connectivity index (χ2n) is 3.89. The Morgan fingerprint density at radius 3 is 2.78 bits per heavy atom. The van der Waals surface area contributed by atoms with Crippen LogP contribution < -0.4 is 0 Å². The standard InChI is InChI=1S/C13H19ClN2O2/c1-4-16(6-7-18-5-2)13(17)11-9-15-10(3)8-12(11)14/h8-9H,4-7H2,1-3H3. The summed E-state index contributed by atoms with van der Waals surface area (Å²) in [6, 6.07) is 1.70. The molecule has 0 bridgehead atoms. The first-order valence-electron chi connectivity index (χ1n) is 6.09. The fraction of sp³-hybridized carbons (Fsp3) is 0.538. The Bertz CT molecular complexity index is 410. The van der Waals surface area contributed by atoms with Crippen molar-refractivity contribution in [3.05, 3.63) is 28.5 Å². The van der Waals surface area contributed by atoms with Gasteiger partial charge in [-0.3, -0.25) is 9.78 Å². The van der Waals surface area contributed by atoms with Crippen LogP contribution in [-0.2, 0) is 4.74 Å². The number of hydrogen-bond donors (Lipinski definition) is 0. The van der Waals surface area contributed by atoms with Gasteiger partial charge in [-0.15, -0.1) is 0 Å². The lowest BCUT2D eigenvalue weighted by Crippen LogP contribution is -2.34. The van der Waals surface area contributed by atoms with Crippen molar-refractivity contribution in [2.24, 2.45) is 0 Å². The molecule has 1 aromatic heterocycles. The monoisotopic (exact) mass is 270 g/mol. The summed E-state index contributed by atoms with van der Waals surface area (Å²) in [5.41, 5.74) is 1.24. The lowest BCUT2D eigenvalue weighted by molar-refractivity contribution is 0.0669. The van der Waals surface area contributed by atoms with E-state index in [0.29, 0.717) is 36.9 Å². The molecule has 0 radical (unpaired) electrons. The van der Waals surface area contributed by atoms with Crippen molar-refractivity contribution in [1.82, 2.24) is 9.88 Å². The molecule has 0 aliphatic carbocycles. The first-order chi connectivity index (χ1) is 8.60. The molecule has 1 amide bonds. The van der Waals surface area contributed by atoms with Gasteiger partial charge in [-0.25, -0.2) is 0 Å². The number of amides is 1. The molecule has 0 aliphatic rings. The zero-order valence-corrected chi connectivity index (χ0v) is 11.8. The average Bonchev–Trinajstić information content (AvgIpc) is 2.34. The van der Waals surface area contributed by atoms with Crippen LogP contribution >= 0.6 is 11.6 Å². The molecule has 0 spiro atoms. The SMILES string of the molecule is CCOCCN(CC)C(=O)c1cnc(C)cc1Cl. The smallest absolute Gasteiger partial charge is 0.257 e. The summed E-state index contributed by atoms with van der Waals surface area (Å²) in [6.07, 6.45) is 1.53. The largest absolute Gasteiger partial charge is 0.380 e. The third-order valence-electron chi connectivity index (χ3n) is 2.60. The van der Waals surface area contributed by atoms with Gasteiger partial charge in [0, 0.05) is 31.6 Å². The summed E-state index contributed by atoms with van der Waals surface area (Å²) < 4.78 is 5.26. The molecule has 5 heteroatoms. The van der Waals surface area contributed by atoms with E-state index >= 15 is 0 Å². The fourth-order valence-corrected chi connectivity index (χ4v) is 1.86. The Morgan fingerprint density at radius 1 is 1.50 bits per heavy atom. The summed E-state index contributed by atoms with van der Waals surface area (Å²) in [5.74, 6) is -0.102. The van der Waals surface area contributed by atoms with Gasteiger partial charge in [-0.1, -0.05) is 11.6 Å². The van der Waals surface area contributed by atoms with Crippen molar-refractivity contribution >= 4 is 17.5 Å². The zero-order valence-electron chi connectivity index (χ0n) is 11.1. The molecule has 4 nitrogen and oxygen atoms in total. The molecule has 0 fully saturated rings. The third-order valence-corrected chi connectivity index (χ3v) is 2.91. The number of nitrogens with zero attached hydrogens (tertiary/aromatic N) is 2. The van der Waals surface area contributed by atoms with Crippen LogP contribution in [0.3, 0.4) is 0 Å². The van der Waals surface area contributed by atoms with Crippen LogP contribution in [0.25, 0.3) is 0 Å². The zero-order chi connectivity index (χ0) is 13.5. The Hall–Kier alpha value is -1.13. The van der Waals surface area contributed by atoms with Crippen molar-refractivity contribution in [3.8, 4) is 0 Å². The summed E-state index contributed by atoms with van der Waals surface area (Å²) in [6.45, 7) is 8.07. The molecule has 1 aromatic rings. The van der Waals surface area contributed by atoms with Gasteiger partial charge in [0.05, 0.1) is 17.2 Å². The Labute approximate surface area is 113 Å². The Morgan fingerprint density at radius 2 is 2.22 bits per heavy atom. The minimum Gasteiger partial charge on any atom is -0.380 e. The first-order valence-corrected chi connectivity index (χ1v) is 6.47. The number of aromatic nitrogens is 1. The molecule has 0 N–H and O–H groups in total. The molecule has 0 saturated carbocycles. The third kappa shape index (κ3) is 3.96. The van der Waals surface area contributed by atoms with Crippen molar-refractivity contribution < 1.29 is 9.53 Å². The lowest BCUT2D eigenvalue weighted by atomic mass is 10.2. The number of carbonyl (C=O) groups excluding carboxylic acids is 1. The number of pyridine rings is 1. The topological polar surface area (TPSA) is 42.4 Å². The lowest BCUT2D eigenvalue weighted by Gasteiger charge is -2.21. The van der Waals surface area contributed by atoms with Crippen LogP contribution in [0.1, 0.15) is 29.9 Å². The molecule has 0 atom stereocenters. The highest BCUT2D eigenvalue weighted by atomic mass is 35.5. The maximum Gasteiger partial charge on any atom is 0.257 e. The quantitative estimate of drug-likeness (QED) is 0.746. The van der Waals surface area contributed by atoms with E-state index in [0.717, 1.165) is 5.69 Å². The Kier molecular flexibility index (Phi) is 6.09.